The maximum atomic E-state index is 4.84. The topological polar surface area (TPSA) is 24.9 Å². The molecule has 3 unspecified atom stereocenters. The van der Waals surface area contributed by atoms with Gasteiger partial charge in [-0.05, 0) is 63.2 Å². The van der Waals surface area contributed by atoms with E-state index in [9.17, 15) is 0 Å². The maximum absolute atomic E-state index is 4.84. The molecule has 4 rings (SSSR count). The second kappa shape index (κ2) is 4.81. The summed E-state index contributed by atoms with van der Waals surface area (Å²) in [6, 6.07) is 0.839. The van der Waals surface area contributed by atoms with Crippen molar-refractivity contribution in [2.75, 3.05) is 6.54 Å². The molecule has 0 amide bonds. The van der Waals surface area contributed by atoms with Crippen LogP contribution in [-0.2, 0) is 6.42 Å². The van der Waals surface area contributed by atoms with E-state index >= 15 is 0 Å². The SMILES string of the molecule is Cc1nc(CC2(CNC3CC3)CC3CCC2C3)sc1C. The molecule has 3 fully saturated rings. The van der Waals surface area contributed by atoms with Crippen molar-refractivity contribution in [2.24, 2.45) is 17.3 Å². The summed E-state index contributed by atoms with van der Waals surface area (Å²) in [4.78, 5) is 6.25. The van der Waals surface area contributed by atoms with E-state index in [2.05, 4.69) is 19.2 Å². The maximum Gasteiger partial charge on any atom is 0.0937 e. The van der Waals surface area contributed by atoms with Crippen LogP contribution in [0.2, 0.25) is 0 Å². The summed E-state index contributed by atoms with van der Waals surface area (Å²) < 4.78 is 0. The van der Waals surface area contributed by atoms with Crippen molar-refractivity contribution in [3.8, 4) is 0 Å². The summed E-state index contributed by atoms with van der Waals surface area (Å²) in [6.07, 6.45) is 9.95. The molecule has 1 heterocycles. The van der Waals surface area contributed by atoms with Gasteiger partial charge in [-0.1, -0.05) is 6.42 Å². The smallest absolute Gasteiger partial charge is 0.0937 e. The highest BCUT2D eigenvalue weighted by molar-refractivity contribution is 7.11. The first kappa shape index (κ1) is 13.3. The fourth-order valence-corrected chi connectivity index (χ4v) is 5.69. The molecule has 20 heavy (non-hydrogen) atoms. The molecule has 110 valence electrons. The van der Waals surface area contributed by atoms with Gasteiger partial charge in [0.1, 0.15) is 0 Å². The molecular formula is C17H26N2S. The van der Waals surface area contributed by atoms with E-state index in [-0.39, 0.29) is 0 Å². The molecular weight excluding hydrogens is 264 g/mol. The van der Waals surface area contributed by atoms with E-state index in [1.54, 1.807) is 0 Å². The number of nitrogens with one attached hydrogen (secondary N) is 1. The summed E-state index contributed by atoms with van der Waals surface area (Å²) >= 11 is 1.94. The first-order valence-electron chi connectivity index (χ1n) is 8.31. The minimum Gasteiger partial charge on any atom is -0.313 e. The van der Waals surface area contributed by atoms with Gasteiger partial charge in [0.05, 0.1) is 10.7 Å². The lowest BCUT2D eigenvalue weighted by Crippen LogP contribution is -2.41. The Morgan fingerprint density at radius 2 is 2.10 bits per heavy atom. The van der Waals surface area contributed by atoms with Crippen molar-refractivity contribution in [3.05, 3.63) is 15.6 Å². The summed E-state index contributed by atoms with van der Waals surface area (Å²) in [5.74, 6) is 1.98. The number of hydrogen-bond acceptors (Lipinski definition) is 3. The largest absolute Gasteiger partial charge is 0.313 e. The lowest BCUT2D eigenvalue weighted by atomic mass is 9.71. The Morgan fingerprint density at radius 3 is 2.65 bits per heavy atom. The van der Waals surface area contributed by atoms with Crippen LogP contribution in [0.5, 0.6) is 0 Å². The van der Waals surface area contributed by atoms with Crippen LogP contribution in [0.4, 0.5) is 0 Å². The molecule has 0 saturated heterocycles. The van der Waals surface area contributed by atoms with E-state index in [0.29, 0.717) is 5.41 Å². The minimum absolute atomic E-state index is 0.530. The van der Waals surface area contributed by atoms with Crippen molar-refractivity contribution in [3.63, 3.8) is 0 Å². The highest BCUT2D eigenvalue weighted by Gasteiger charge is 2.51. The fourth-order valence-electron chi connectivity index (χ4n) is 4.60. The van der Waals surface area contributed by atoms with Gasteiger partial charge < -0.3 is 5.32 Å². The normalized spacial score (nSPS) is 35.9. The van der Waals surface area contributed by atoms with Crippen molar-refractivity contribution >= 4 is 11.3 Å². The van der Waals surface area contributed by atoms with Crippen LogP contribution in [0.25, 0.3) is 0 Å². The monoisotopic (exact) mass is 290 g/mol. The second-order valence-electron chi connectivity index (χ2n) is 7.52. The van der Waals surface area contributed by atoms with Gasteiger partial charge in [-0.3, -0.25) is 0 Å². The molecule has 3 heteroatoms. The van der Waals surface area contributed by atoms with E-state index in [1.807, 2.05) is 11.3 Å². The molecule has 2 bridgehead atoms. The zero-order valence-corrected chi connectivity index (χ0v) is 13.6. The molecule has 3 aliphatic rings. The molecule has 0 spiro atoms. The van der Waals surface area contributed by atoms with E-state index in [1.165, 1.54) is 67.1 Å². The van der Waals surface area contributed by atoms with Crippen LogP contribution >= 0.6 is 11.3 Å². The van der Waals surface area contributed by atoms with Crippen LogP contribution < -0.4 is 5.32 Å². The molecule has 0 radical (unpaired) electrons. The molecule has 1 aromatic rings. The molecule has 3 atom stereocenters. The molecule has 0 aliphatic heterocycles. The van der Waals surface area contributed by atoms with E-state index in [4.69, 9.17) is 4.98 Å². The van der Waals surface area contributed by atoms with Crippen molar-refractivity contribution in [1.82, 2.24) is 10.3 Å². The Morgan fingerprint density at radius 1 is 1.25 bits per heavy atom. The van der Waals surface area contributed by atoms with E-state index < -0.39 is 0 Å². The Bertz CT molecular complexity index is 486. The number of aromatic nitrogens is 1. The molecule has 1 N–H and O–H groups in total. The van der Waals surface area contributed by atoms with Gasteiger partial charge in [0.25, 0.3) is 0 Å². The Kier molecular flexibility index (Phi) is 3.19. The summed E-state index contributed by atoms with van der Waals surface area (Å²) in [7, 11) is 0. The van der Waals surface area contributed by atoms with Crippen LogP contribution in [0.15, 0.2) is 0 Å². The summed E-state index contributed by atoms with van der Waals surface area (Å²) in [5.41, 5.74) is 1.78. The van der Waals surface area contributed by atoms with Gasteiger partial charge in [0, 0.05) is 23.9 Å². The highest BCUT2D eigenvalue weighted by atomic mass is 32.1. The third-order valence-corrected chi connectivity index (χ3v) is 7.07. The number of rotatable bonds is 5. The van der Waals surface area contributed by atoms with Gasteiger partial charge in [0.2, 0.25) is 0 Å². The summed E-state index contributed by atoms with van der Waals surface area (Å²) in [5, 5.41) is 5.24. The number of thiazole rings is 1. The highest BCUT2D eigenvalue weighted by Crippen LogP contribution is 2.57. The Balaban J connectivity index is 1.54. The molecule has 1 aromatic heterocycles. The van der Waals surface area contributed by atoms with Crippen molar-refractivity contribution in [2.45, 2.75) is 64.8 Å². The lowest BCUT2D eigenvalue weighted by Gasteiger charge is -2.38. The first-order valence-corrected chi connectivity index (χ1v) is 9.12. The predicted molar refractivity (Wildman–Crippen MR) is 84.2 cm³/mol. The number of fused-ring (bicyclic) bond motifs is 2. The van der Waals surface area contributed by atoms with Crippen molar-refractivity contribution in [1.29, 1.82) is 0 Å². The van der Waals surface area contributed by atoms with Crippen LogP contribution in [-0.4, -0.2) is 17.6 Å². The third-order valence-electron chi connectivity index (χ3n) is 6.00. The standard InChI is InChI=1S/C17H26N2S/c1-11-12(2)20-16(19-11)9-17(10-18-15-5-6-15)8-13-3-4-14(17)7-13/h13-15,18H,3-10H2,1-2H3. The second-order valence-corrected chi connectivity index (χ2v) is 8.81. The minimum atomic E-state index is 0.530. The molecule has 2 nitrogen and oxygen atoms in total. The lowest BCUT2D eigenvalue weighted by molar-refractivity contribution is 0.155. The van der Waals surface area contributed by atoms with Crippen LogP contribution in [0.1, 0.15) is 54.1 Å². The fraction of sp³-hybridized carbons (Fsp3) is 0.824. The van der Waals surface area contributed by atoms with Gasteiger partial charge >= 0.3 is 0 Å². The third kappa shape index (κ3) is 2.33. The Labute approximate surface area is 126 Å². The van der Waals surface area contributed by atoms with Gasteiger partial charge in [-0.25, -0.2) is 4.98 Å². The van der Waals surface area contributed by atoms with Crippen molar-refractivity contribution < 1.29 is 0 Å². The van der Waals surface area contributed by atoms with Gasteiger partial charge in [-0.2, -0.15) is 0 Å². The Hall–Kier alpha value is -0.410. The van der Waals surface area contributed by atoms with E-state index in [0.717, 1.165) is 17.9 Å². The average Bonchev–Trinajstić information content (AvgIpc) is 2.92. The molecule has 3 saturated carbocycles. The zero-order chi connectivity index (χ0) is 13.7. The molecule has 3 aliphatic carbocycles. The number of hydrogen-bond donors (Lipinski definition) is 1. The van der Waals surface area contributed by atoms with Crippen LogP contribution in [0.3, 0.4) is 0 Å². The average molecular weight is 290 g/mol. The first-order chi connectivity index (χ1) is 9.64. The molecule has 0 aromatic carbocycles. The zero-order valence-electron chi connectivity index (χ0n) is 12.7. The van der Waals surface area contributed by atoms with Gasteiger partial charge in [-0.15, -0.1) is 11.3 Å². The number of nitrogens with zero attached hydrogens (tertiary/aromatic N) is 1. The van der Waals surface area contributed by atoms with Crippen LogP contribution in [0, 0.1) is 31.1 Å². The van der Waals surface area contributed by atoms with Gasteiger partial charge in [0.15, 0.2) is 0 Å². The predicted octanol–water partition coefficient (Wildman–Crippen LogP) is 3.86. The number of aryl methyl sites for hydroxylation is 2. The quantitative estimate of drug-likeness (QED) is 0.890. The summed E-state index contributed by atoms with van der Waals surface area (Å²) in [6.45, 7) is 5.62.